The van der Waals surface area contributed by atoms with E-state index in [0.717, 1.165) is 16.5 Å². The Morgan fingerprint density at radius 2 is 1.50 bits per heavy atom. The van der Waals surface area contributed by atoms with Crippen LogP contribution in [0.15, 0.2) is 77.2 Å². The fraction of sp³-hybridized carbons (Fsp3) is 0. The second-order valence-electron chi connectivity index (χ2n) is 5.55. The molecule has 5 aromatic rings. The topological polar surface area (TPSA) is 56.2 Å². The van der Waals surface area contributed by atoms with E-state index >= 15 is 0 Å². The number of hydrogen-bond acceptors (Lipinski definition) is 4. The molecule has 24 heavy (non-hydrogen) atoms. The molecule has 0 fully saturated rings. The van der Waals surface area contributed by atoms with Crippen LogP contribution < -0.4 is 0 Å². The molecule has 0 bridgehead atoms. The molecular formula is C19H12N4O. The SMILES string of the molecule is c1ccc(-c2nnc3oc(-c4ccc5ccccc5c4)nn23)cc1. The van der Waals surface area contributed by atoms with Crippen LogP contribution in [0.4, 0.5) is 0 Å². The molecule has 3 aromatic carbocycles. The summed E-state index contributed by atoms with van der Waals surface area (Å²) in [6.45, 7) is 0. The molecule has 5 rings (SSSR count). The van der Waals surface area contributed by atoms with Crippen LogP contribution in [-0.4, -0.2) is 19.8 Å². The number of nitrogens with zero attached hydrogens (tertiary/aromatic N) is 4. The molecule has 2 aromatic heterocycles. The van der Waals surface area contributed by atoms with E-state index in [4.69, 9.17) is 4.42 Å². The first kappa shape index (κ1) is 13.0. The zero-order valence-electron chi connectivity index (χ0n) is 12.6. The number of rotatable bonds is 2. The second-order valence-corrected chi connectivity index (χ2v) is 5.55. The quantitative estimate of drug-likeness (QED) is 0.490. The largest absolute Gasteiger partial charge is 0.402 e. The average molecular weight is 312 g/mol. The minimum absolute atomic E-state index is 0.386. The van der Waals surface area contributed by atoms with E-state index in [0.29, 0.717) is 17.6 Å². The Kier molecular flexibility index (Phi) is 2.72. The Morgan fingerprint density at radius 3 is 2.38 bits per heavy atom. The van der Waals surface area contributed by atoms with Gasteiger partial charge in [0.2, 0.25) is 5.89 Å². The van der Waals surface area contributed by atoms with Crippen molar-refractivity contribution in [1.82, 2.24) is 19.8 Å². The Balaban J connectivity index is 1.66. The summed E-state index contributed by atoms with van der Waals surface area (Å²) in [7, 11) is 0. The molecule has 114 valence electrons. The number of benzene rings is 3. The van der Waals surface area contributed by atoms with Gasteiger partial charge in [-0.15, -0.1) is 10.2 Å². The van der Waals surface area contributed by atoms with E-state index in [-0.39, 0.29) is 0 Å². The van der Waals surface area contributed by atoms with Crippen LogP contribution in [0.25, 0.3) is 39.5 Å². The summed E-state index contributed by atoms with van der Waals surface area (Å²) in [5.41, 5.74) is 1.86. The van der Waals surface area contributed by atoms with E-state index in [9.17, 15) is 0 Å². The summed E-state index contributed by atoms with van der Waals surface area (Å²) in [6, 6.07) is 24.2. The van der Waals surface area contributed by atoms with Crippen molar-refractivity contribution in [2.24, 2.45) is 0 Å². The van der Waals surface area contributed by atoms with Gasteiger partial charge in [0, 0.05) is 11.1 Å². The van der Waals surface area contributed by atoms with Gasteiger partial charge in [-0.2, -0.15) is 4.52 Å². The normalized spacial score (nSPS) is 11.3. The van der Waals surface area contributed by atoms with Gasteiger partial charge >= 0.3 is 5.84 Å². The van der Waals surface area contributed by atoms with Crippen LogP contribution in [0, 0.1) is 0 Å². The van der Waals surface area contributed by atoms with Crippen molar-refractivity contribution in [2.45, 2.75) is 0 Å². The van der Waals surface area contributed by atoms with Crippen molar-refractivity contribution in [3.8, 4) is 22.8 Å². The summed E-state index contributed by atoms with van der Waals surface area (Å²) in [6.07, 6.45) is 0. The third kappa shape index (κ3) is 1.99. The maximum atomic E-state index is 5.78. The summed E-state index contributed by atoms with van der Waals surface area (Å²) in [5, 5.41) is 15.1. The Morgan fingerprint density at radius 1 is 0.708 bits per heavy atom. The highest BCUT2D eigenvalue weighted by molar-refractivity contribution is 5.86. The first-order valence-electron chi connectivity index (χ1n) is 7.65. The number of fused-ring (bicyclic) bond motifs is 2. The fourth-order valence-corrected chi connectivity index (χ4v) is 2.82. The summed E-state index contributed by atoms with van der Waals surface area (Å²) >= 11 is 0. The summed E-state index contributed by atoms with van der Waals surface area (Å²) in [5.74, 6) is 1.58. The molecule has 5 nitrogen and oxygen atoms in total. The van der Waals surface area contributed by atoms with Gasteiger partial charge in [-0.05, 0) is 22.9 Å². The standard InChI is InChI=1S/C19H12N4O/c1-2-7-14(8-3-1)17-20-21-19-23(17)22-18(24-19)16-11-10-13-6-4-5-9-15(13)12-16/h1-12H. The van der Waals surface area contributed by atoms with Crippen LogP contribution >= 0.6 is 0 Å². The van der Waals surface area contributed by atoms with Crippen molar-refractivity contribution in [2.75, 3.05) is 0 Å². The van der Waals surface area contributed by atoms with Crippen LogP contribution in [0.1, 0.15) is 0 Å². The van der Waals surface area contributed by atoms with Crippen LogP contribution in [0.2, 0.25) is 0 Å². The zero-order chi connectivity index (χ0) is 15.9. The number of aromatic nitrogens is 4. The fourth-order valence-electron chi connectivity index (χ4n) is 2.82. The molecule has 0 aliphatic heterocycles. The van der Waals surface area contributed by atoms with E-state index in [1.807, 2.05) is 48.5 Å². The van der Waals surface area contributed by atoms with Crippen molar-refractivity contribution in [3.63, 3.8) is 0 Å². The lowest BCUT2D eigenvalue weighted by molar-refractivity contribution is 0.601. The highest BCUT2D eigenvalue weighted by atomic mass is 16.4. The predicted octanol–water partition coefficient (Wildman–Crippen LogP) is 4.20. The Bertz CT molecular complexity index is 1160. The van der Waals surface area contributed by atoms with E-state index in [2.05, 4.69) is 39.6 Å². The van der Waals surface area contributed by atoms with Gasteiger partial charge in [0.25, 0.3) is 0 Å². The number of hydrogen-bond donors (Lipinski definition) is 0. The van der Waals surface area contributed by atoms with E-state index in [1.165, 1.54) is 5.39 Å². The molecule has 0 spiro atoms. The third-order valence-electron chi connectivity index (χ3n) is 4.02. The second kappa shape index (κ2) is 5.03. The highest BCUT2D eigenvalue weighted by Crippen LogP contribution is 2.26. The Labute approximate surface area is 137 Å². The molecule has 2 heterocycles. The monoisotopic (exact) mass is 312 g/mol. The lowest BCUT2D eigenvalue weighted by Crippen LogP contribution is -1.90. The van der Waals surface area contributed by atoms with Gasteiger partial charge in [-0.1, -0.05) is 65.8 Å². The summed E-state index contributed by atoms with van der Waals surface area (Å²) < 4.78 is 7.42. The molecule has 5 heteroatoms. The molecule has 0 amide bonds. The molecule has 0 saturated carbocycles. The van der Waals surface area contributed by atoms with Crippen molar-refractivity contribution in [1.29, 1.82) is 0 Å². The van der Waals surface area contributed by atoms with Gasteiger partial charge in [0.1, 0.15) is 0 Å². The molecule has 0 radical (unpaired) electrons. The smallest absolute Gasteiger partial charge is 0.346 e. The third-order valence-corrected chi connectivity index (χ3v) is 4.02. The van der Waals surface area contributed by atoms with E-state index in [1.54, 1.807) is 4.52 Å². The average Bonchev–Trinajstić information content (AvgIpc) is 3.23. The molecule has 0 unspecified atom stereocenters. The van der Waals surface area contributed by atoms with Gasteiger partial charge in [-0.25, -0.2) is 0 Å². The van der Waals surface area contributed by atoms with Crippen LogP contribution in [0.3, 0.4) is 0 Å². The maximum Gasteiger partial charge on any atom is 0.346 e. The zero-order valence-corrected chi connectivity index (χ0v) is 12.6. The molecule has 0 N–H and O–H groups in total. The van der Waals surface area contributed by atoms with Gasteiger partial charge in [-0.3, -0.25) is 0 Å². The minimum atomic E-state index is 0.386. The van der Waals surface area contributed by atoms with Gasteiger partial charge in [0.05, 0.1) is 0 Å². The van der Waals surface area contributed by atoms with Gasteiger partial charge < -0.3 is 4.42 Å². The molecular weight excluding hydrogens is 300 g/mol. The minimum Gasteiger partial charge on any atom is -0.402 e. The van der Waals surface area contributed by atoms with Crippen molar-refractivity contribution >= 4 is 16.6 Å². The summed E-state index contributed by atoms with van der Waals surface area (Å²) in [4.78, 5) is 0. The molecule has 0 aliphatic carbocycles. The van der Waals surface area contributed by atoms with Crippen molar-refractivity contribution < 1.29 is 4.42 Å². The first-order valence-corrected chi connectivity index (χ1v) is 7.65. The molecule has 0 saturated heterocycles. The lowest BCUT2D eigenvalue weighted by Gasteiger charge is -1.99. The van der Waals surface area contributed by atoms with Crippen LogP contribution in [0.5, 0.6) is 0 Å². The van der Waals surface area contributed by atoms with Crippen molar-refractivity contribution in [3.05, 3.63) is 72.8 Å². The Hall–Kier alpha value is -3.47. The predicted molar refractivity (Wildman–Crippen MR) is 91.4 cm³/mol. The molecule has 0 atom stereocenters. The highest BCUT2D eigenvalue weighted by Gasteiger charge is 2.15. The lowest BCUT2D eigenvalue weighted by atomic mass is 10.1. The van der Waals surface area contributed by atoms with E-state index < -0.39 is 0 Å². The first-order chi connectivity index (χ1) is 11.9. The van der Waals surface area contributed by atoms with Gasteiger partial charge in [0.15, 0.2) is 5.82 Å². The maximum absolute atomic E-state index is 5.78. The molecule has 0 aliphatic rings. The van der Waals surface area contributed by atoms with Crippen LogP contribution in [-0.2, 0) is 0 Å².